The Bertz CT molecular complexity index is 985. The van der Waals surface area contributed by atoms with E-state index in [-0.39, 0.29) is 11.9 Å². The van der Waals surface area contributed by atoms with Gasteiger partial charge in [-0.25, -0.2) is 0 Å². The predicted octanol–water partition coefficient (Wildman–Crippen LogP) is 5.14. The SMILES string of the molecule is Cc1ccc(C)c(OCCCC(C)(C)C(=O)NC2CCN(Cc3cccc(C#N)c3)CC2)c1. The quantitative estimate of drug-likeness (QED) is 0.541. The summed E-state index contributed by atoms with van der Waals surface area (Å²) in [7, 11) is 0. The summed E-state index contributed by atoms with van der Waals surface area (Å²) in [5.74, 6) is 1.07. The van der Waals surface area contributed by atoms with Crippen molar-refractivity contribution in [3.63, 3.8) is 0 Å². The van der Waals surface area contributed by atoms with E-state index < -0.39 is 5.41 Å². The van der Waals surface area contributed by atoms with Crippen molar-refractivity contribution in [2.24, 2.45) is 5.41 Å². The van der Waals surface area contributed by atoms with Crippen LogP contribution in [0.1, 0.15) is 61.8 Å². The van der Waals surface area contributed by atoms with E-state index in [0.29, 0.717) is 12.2 Å². The fourth-order valence-electron chi connectivity index (χ4n) is 4.29. The standard InChI is InChI=1S/C28H37N3O2/c1-21-9-10-22(2)26(17-21)33-16-6-13-28(3,4)27(32)30-25-11-14-31(15-12-25)20-24-8-5-7-23(18-24)19-29/h5,7-10,17-18,25H,6,11-16,20H2,1-4H3,(H,30,32). The van der Waals surface area contributed by atoms with Crippen molar-refractivity contribution in [3.8, 4) is 11.8 Å². The van der Waals surface area contributed by atoms with E-state index in [1.165, 1.54) is 11.1 Å². The fourth-order valence-corrected chi connectivity index (χ4v) is 4.29. The van der Waals surface area contributed by atoms with Gasteiger partial charge in [0.25, 0.3) is 0 Å². The Kier molecular flexibility index (Phi) is 8.52. The molecule has 2 aromatic rings. The van der Waals surface area contributed by atoms with Crippen LogP contribution < -0.4 is 10.1 Å². The molecule has 1 amide bonds. The number of carbonyl (C=O) groups is 1. The number of amides is 1. The molecule has 0 atom stereocenters. The second kappa shape index (κ2) is 11.3. The molecule has 3 rings (SSSR count). The highest BCUT2D eigenvalue weighted by molar-refractivity contribution is 5.82. The molecule has 1 heterocycles. The maximum Gasteiger partial charge on any atom is 0.225 e. The third kappa shape index (κ3) is 7.33. The van der Waals surface area contributed by atoms with Crippen LogP contribution >= 0.6 is 0 Å². The molecule has 1 aliphatic heterocycles. The molecule has 0 bridgehead atoms. The summed E-state index contributed by atoms with van der Waals surface area (Å²) in [6.45, 7) is 11.5. The van der Waals surface area contributed by atoms with Crippen LogP contribution in [-0.4, -0.2) is 36.5 Å². The van der Waals surface area contributed by atoms with Gasteiger partial charge in [0.05, 0.1) is 18.2 Å². The van der Waals surface area contributed by atoms with Gasteiger partial charge < -0.3 is 10.1 Å². The van der Waals surface area contributed by atoms with Gasteiger partial charge >= 0.3 is 0 Å². The minimum Gasteiger partial charge on any atom is -0.493 e. The second-order valence-electron chi connectivity index (χ2n) is 9.94. The lowest BCUT2D eigenvalue weighted by Gasteiger charge is -2.34. The number of hydrogen-bond acceptors (Lipinski definition) is 4. The number of likely N-dealkylation sites (tertiary alicyclic amines) is 1. The number of benzene rings is 2. The summed E-state index contributed by atoms with van der Waals surface area (Å²) in [4.78, 5) is 15.3. The molecular formula is C28H37N3O2. The maximum absolute atomic E-state index is 12.9. The summed E-state index contributed by atoms with van der Waals surface area (Å²) in [5.41, 5.74) is 3.79. The molecule has 1 N–H and O–H groups in total. The first kappa shape index (κ1) is 24.8. The molecule has 0 aromatic heterocycles. The van der Waals surface area contributed by atoms with Gasteiger partial charge in [0.15, 0.2) is 0 Å². The van der Waals surface area contributed by atoms with E-state index >= 15 is 0 Å². The number of rotatable bonds is 9. The van der Waals surface area contributed by atoms with Gasteiger partial charge in [-0.15, -0.1) is 0 Å². The first-order valence-electron chi connectivity index (χ1n) is 12.0. The molecule has 1 aliphatic rings. The minimum atomic E-state index is -0.417. The van der Waals surface area contributed by atoms with Crippen LogP contribution in [-0.2, 0) is 11.3 Å². The van der Waals surface area contributed by atoms with Crippen molar-refractivity contribution < 1.29 is 9.53 Å². The largest absolute Gasteiger partial charge is 0.493 e. The Morgan fingerprint density at radius 1 is 1.18 bits per heavy atom. The van der Waals surface area contributed by atoms with E-state index in [0.717, 1.165) is 56.6 Å². The molecule has 0 radical (unpaired) electrons. The topological polar surface area (TPSA) is 65.4 Å². The first-order chi connectivity index (χ1) is 15.8. The summed E-state index contributed by atoms with van der Waals surface area (Å²) in [6.07, 6.45) is 3.54. The molecule has 1 fully saturated rings. The summed E-state index contributed by atoms with van der Waals surface area (Å²) in [6, 6.07) is 16.5. The number of piperidine rings is 1. The number of nitrogens with one attached hydrogen (secondary N) is 1. The molecule has 5 heteroatoms. The lowest BCUT2D eigenvalue weighted by Crippen LogP contribution is -2.48. The number of nitrogens with zero attached hydrogens (tertiary/aromatic N) is 2. The van der Waals surface area contributed by atoms with Crippen LogP contribution in [0.5, 0.6) is 5.75 Å². The highest BCUT2D eigenvalue weighted by atomic mass is 16.5. The van der Waals surface area contributed by atoms with Crippen molar-refractivity contribution in [2.45, 2.75) is 66.0 Å². The predicted molar refractivity (Wildman–Crippen MR) is 132 cm³/mol. The fraction of sp³-hybridized carbons (Fsp3) is 0.500. The maximum atomic E-state index is 12.9. The van der Waals surface area contributed by atoms with Gasteiger partial charge in [-0.2, -0.15) is 5.26 Å². The van der Waals surface area contributed by atoms with Crippen molar-refractivity contribution in [2.75, 3.05) is 19.7 Å². The van der Waals surface area contributed by atoms with Crippen LogP contribution in [0, 0.1) is 30.6 Å². The highest BCUT2D eigenvalue weighted by Crippen LogP contribution is 2.25. The molecule has 0 saturated carbocycles. The third-order valence-electron chi connectivity index (χ3n) is 6.55. The first-order valence-corrected chi connectivity index (χ1v) is 12.0. The molecule has 5 nitrogen and oxygen atoms in total. The average Bonchev–Trinajstić information content (AvgIpc) is 2.80. The van der Waals surface area contributed by atoms with Crippen LogP contribution in [0.3, 0.4) is 0 Å². The molecule has 1 saturated heterocycles. The zero-order valence-electron chi connectivity index (χ0n) is 20.5. The summed E-state index contributed by atoms with van der Waals surface area (Å²) >= 11 is 0. The van der Waals surface area contributed by atoms with E-state index in [1.807, 2.05) is 32.0 Å². The molecule has 2 aromatic carbocycles. The molecular weight excluding hydrogens is 410 g/mol. The third-order valence-corrected chi connectivity index (χ3v) is 6.55. The summed E-state index contributed by atoms with van der Waals surface area (Å²) in [5, 5.41) is 12.4. The summed E-state index contributed by atoms with van der Waals surface area (Å²) < 4.78 is 5.96. The molecule has 0 aliphatic carbocycles. The number of hydrogen-bond donors (Lipinski definition) is 1. The number of nitriles is 1. The van der Waals surface area contributed by atoms with Gasteiger partial charge in [0.1, 0.15) is 5.75 Å². The average molecular weight is 448 g/mol. The normalized spacial score (nSPS) is 15.1. The monoisotopic (exact) mass is 447 g/mol. The van der Waals surface area contributed by atoms with Crippen LogP contribution in [0.25, 0.3) is 0 Å². The van der Waals surface area contributed by atoms with E-state index in [9.17, 15) is 4.79 Å². The highest BCUT2D eigenvalue weighted by Gasteiger charge is 2.30. The number of ether oxygens (including phenoxy) is 1. The zero-order valence-corrected chi connectivity index (χ0v) is 20.5. The Balaban J connectivity index is 1.39. The van der Waals surface area contributed by atoms with Crippen molar-refractivity contribution >= 4 is 5.91 Å². The lowest BCUT2D eigenvalue weighted by atomic mass is 9.86. The van der Waals surface area contributed by atoms with Crippen molar-refractivity contribution in [1.82, 2.24) is 10.2 Å². The van der Waals surface area contributed by atoms with Gasteiger partial charge in [-0.3, -0.25) is 9.69 Å². The van der Waals surface area contributed by atoms with Crippen molar-refractivity contribution in [1.29, 1.82) is 5.26 Å². The van der Waals surface area contributed by atoms with Gasteiger partial charge in [0, 0.05) is 31.1 Å². The lowest BCUT2D eigenvalue weighted by molar-refractivity contribution is -0.130. The number of aryl methyl sites for hydroxylation is 2. The number of carbonyl (C=O) groups excluding carboxylic acids is 1. The van der Waals surface area contributed by atoms with Gasteiger partial charge in [-0.05, 0) is 74.4 Å². The second-order valence-corrected chi connectivity index (χ2v) is 9.94. The van der Waals surface area contributed by atoms with Gasteiger partial charge in [0.2, 0.25) is 5.91 Å². The zero-order chi connectivity index (χ0) is 23.8. The Hall–Kier alpha value is -2.84. The van der Waals surface area contributed by atoms with E-state index in [1.54, 1.807) is 0 Å². The van der Waals surface area contributed by atoms with Crippen LogP contribution in [0.15, 0.2) is 42.5 Å². The Labute approximate surface area is 198 Å². The molecule has 176 valence electrons. The van der Waals surface area contributed by atoms with Crippen LogP contribution in [0.2, 0.25) is 0 Å². The van der Waals surface area contributed by atoms with E-state index in [2.05, 4.69) is 54.4 Å². The van der Waals surface area contributed by atoms with E-state index in [4.69, 9.17) is 10.00 Å². The molecule has 0 spiro atoms. The Morgan fingerprint density at radius 3 is 2.67 bits per heavy atom. The van der Waals surface area contributed by atoms with Crippen molar-refractivity contribution in [3.05, 3.63) is 64.7 Å². The Morgan fingerprint density at radius 2 is 1.94 bits per heavy atom. The molecule has 0 unspecified atom stereocenters. The smallest absolute Gasteiger partial charge is 0.225 e. The minimum absolute atomic E-state index is 0.134. The van der Waals surface area contributed by atoms with Crippen LogP contribution in [0.4, 0.5) is 0 Å². The van der Waals surface area contributed by atoms with Gasteiger partial charge in [-0.1, -0.05) is 38.1 Å². The molecule has 33 heavy (non-hydrogen) atoms.